The van der Waals surface area contributed by atoms with Gasteiger partial charge in [-0.3, -0.25) is 4.79 Å². The molecule has 0 aliphatic heterocycles. The minimum Gasteiger partial charge on any atom is -0.375 e. The van der Waals surface area contributed by atoms with Crippen molar-refractivity contribution in [3.63, 3.8) is 0 Å². The Morgan fingerprint density at radius 2 is 2.21 bits per heavy atom. The van der Waals surface area contributed by atoms with Gasteiger partial charge in [-0.15, -0.1) is 12.4 Å². The average molecular weight is 307 g/mol. The van der Waals surface area contributed by atoms with Crippen LogP contribution in [0.5, 0.6) is 0 Å². The van der Waals surface area contributed by atoms with E-state index in [-0.39, 0.29) is 30.3 Å². The first-order chi connectivity index (χ1) is 8.58. The zero-order chi connectivity index (χ0) is 13.5. The van der Waals surface area contributed by atoms with Crippen LogP contribution in [-0.2, 0) is 9.53 Å². The van der Waals surface area contributed by atoms with Crippen LogP contribution in [0.15, 0.2) is 24.3 Å². The lowest BCUT2D eigenvalue weighted by Crippen LogP contribution is -2.36. The quantitative estimate of drug-likeness (QED) is 0.846. The summed E-state index contributed by atoms with van der Waals surface area (Å²) in [6.07, 6.45) is -0.211. The number of hydrogen-bond donors (Lipinski definition) is 2. The van der Waals surface area contributed by atoms with Gasteiger partial charge < -0.3 is 15.8 Å². The molecule has 6 heteroatoms. The monoisotopic (exact) mass is 306 g/mol. The fourth-order valence-electron chi connectivity index (χ4n) is 1.52. The second-order valence-electron chi connectivity index (χ2n) is 4.16. The summed E-state index contributed by atoms with van der Waals surface area (Å²) in [5.74, 6) is -0.261. The van der Waals surface area contributed by atoms with Gasteiger partial charge in [0, 0.05) is 31.1 Å². The SMILES string of the molecule is COC(CNC(=O)C(C)CN)c1cccc(Cl)c1.Cl. The molecule has 0 fully saturated rings. The molecule has 0 aliphatic carbocycles. The molecule has 0 saturated carbocycles. The molecule has 108 valence electrons. The van der Waals surface area contributed by atoms with E-state index in [1.165, 1.54) is 0 Å². The molecule has 0 saturated heterocycles. The van der Waals surface area contributed by atoms with E-state index in [4.69, 9.17) is 22.1 Å². The van der Waals surface area contributed by atoms with Crippen molar-refractivity contribution in [1.82, 2.24) is 5.32 Å². The predicted molar refractivity (Wildman–Crippen MR) is 79.7 cm³/mol. The lowest BCUT2D eigenvalue weighted by molar-refractivity contribution is -0.124. The zero-order valence-electron chi connectivity index (χ0n) is 11.1. The van der Waals surface area contributed by atoms with Crippen molar-refractivity contribution in [3.8, 4) is 0 Å². The second-order valence-corrected chi connectivity index (χ2v) is 4.60. The van der Waals surface area contributed by atoms with Crippen LogP contribution in [-0.4, -0.2) is 26.1 Å². The third-order valence-electron chi connectivity index (χ3n) is 2.77. The van der Waals surface area contributed by atoms with E-state index >= 15 is 0 Å². The second kappa shape index (κ2) is 9.15. The Balaban J connectivity index is 0.00000324. The number of amides is 1. The zero-order valence-corrected chi connectivity index (χ0v) is 12.6. The lowest BCUT2D eigenvalue weighted by atomic mass is 10.1. The van der Waals surface area contributed by atoms with Gasteiger partial charge in [-0.05, 0) is 17.7 Å². The summed E-state index contributed by atoms with van der Waals surface area (Å²) in [6, 6.07) is 7.40. The standard InChI is InChI=1S/C13H19ClN2O2.ClH/c1-9(7-15)13(17)16-8-12(18-2)10-4-3-5-11(14)6-10;/h3-6,9,12H,7-8,15H2,1-2H3,(H,16,17);1H. The maximum absolute atomic E-state index is 11.6. The number of nitrogens with one attached hydrogen (secondary N) is 1. The summed E-state index contributed by atoms with van der Waals surface area (Å²) in [4.78, 5) is 11.6. The number of methoxy groups -OCH3 is 1. The molecular formula is C13H20Cl2N2O2. The van der Waals surface area contributed by atoms with Crippen LogP contribution in [0.25, 0.3) is 0 Å². The molecule has 2 unspecified atom stereocenters. The van der Waals surface area contributed by atoms with Gasteiger partial charge in [0.2, 0.25) is 5.91 Å². The molecule has 0 aliphatic rings. The molecule has 3 N–H and O–H groups in total. The van der Waals surface area contributed by atoms with Crippen molar-refractivity contribution in [2.24, 2.45) is 11.7 Å². The van der Waals surface area contributed by atoms with Crippen molar-refractivity contribution in [1.29, 1.82) is 0 Å². The average Bonchev–Trinajstić information content (AvgIpc) is 2.38. The van der Waals surface area contributed by atoms with Gasteiger partial charge in [0.1, 0.15) is 0 Å². The summed E-state index contributed by atoms with van der Waals surface area (Å²) in [6.45, 7) is 2.52. The lowest BCUT2D eigenvalue weighted by Gasteiger charge is -2.18. The van der Waals surface area contributed by atoms with Gasteiger partial charge in [-0.1, -0.05) is 30.7 Å². The van der Waals surface area contributed by atoms with Gasteiger partial charge in [0.15, 0.2) is 0 Å². The van der Waals surface area contributed by atoms with E-state index in [0.29, 0.717) is 18.1 Å². The Hall–Kier alpha value is -0.810. The summed E-state index contributed by atoms with van der Waals surface area (Å²) >= 11 is 5.92. The molecule has 1 aromatic carbocycles. The van der Waals surface area contributed by atoms with Gasteiger partial charge >= 0.3 is 0 Å². The number of ether oxygens (including phenoxy) is 1. The molecule has 0 aromatic heterocycles. The van der Waals surface area contributed by atoms with Crippen LogP contribution >= 0.6 is 24.0 Å². The maximum Gasteiger partial charge on any atom is 0.224 e. The van der Waals surface area contributed by atoms with E-state index in [1.807, 2.05) is 18.2 Å². The van der Waals surface area contributed by atoms with E-state index in [9.17, 15) is 4.79 Å². The topological polar surface area (TPSA) is 64.3 Å². The van der Waals surface area contributed by atoms with Crippen molar-refractivity contribution < 1.29 is 9.53 Å². The number of hydrogen-bond acceptors (Lipinski definition) is 3. The summed E-state index contributed by atoms with van der Waals surface area (Å²) in [7, 11) is 1.60. The Kier molecular flexibility index (Phi) is 8.76. The Labute approximate surface area is 125 Å². The fraction of sp³-hybridized carbons (Fsp3) is 0.462. The number of halogens is 2. The molecule has 1 aromatic rings. The van der Waals surface area contributed by atoms with Crippen LogP contribution in [0.2, 0.25) is 5.02 Å². The number of rotatable bonds is 6. The number of carbonyl (C=O) groups is 1. The molecule has 19 heavy (non-hydrogen) atoms. The first-order valence-corrected chi connectivity index (χ1v) is 6.22. The molecule has 2 atom stereocenters. The fourth-order valence-corrected chi connectivity index (χ4v) is 1.72. The Bertz CT molecular complexity index is 402. The van der Waals surface area contributed by atoms with E-state index in [0.717, 1.165) is 5.56 Å². The molecule has 0 radical (unpaired) electrons. The largest absolute Gasteiger partial charge is 0.375 e. The molecule has 4 nitrogen and oxygen atoms in total. The van der Waals surface area contributed by atoms with E-state index in [1.54, 1.807) is 20.1 Å². The normalized spacial score (nSPS) is 13.3. The van der Waals surface area contributed by atoms with Crippen LogP contribution in [0, 0.1) is 5.92 Å². The maximum atomic E-state index is 11.6. The minimum atomic E-state index is -0.211. The summed E-state index contributed by atoms with van der Waals surface area (Å²) in [5, 5.41) is 3.46. The van der Waals surface area contributed by atoms with Gasteiger partial charge in [-0.25, -0.2) is 0 Å². The van der Waals surface area contributed by atoms with Crippen LogP contribution < -0.4 is 11.1 Å². The molecule has 1 amide bonds. The highest BCUT2D eigenvalue weighted by atomic mass is 35.5. The van der Waals surface area contributed by atoms with Crippen LogP contribution in [0.4, 0.5) is 0 Å². The molecule has 1 rings (SSSR count). The van der Waals surface area contributed by atoms with E-state index in [2.05, 4.69) is 5.32 Å². The third-order valence-corrected chi connectivity index (χ3v) is 3.00. The van der Waals surface area contributed by atoms with Crippen molar-refractivity contribution in [2.45, 2.75) is 13.0 Å². The molecular weight excluding hydrogens is 287 g/mol. The van der Waals surface area contributed by atoms with Gasteiger partial charge in [0.25, 0.3) is 0 Å². The number of nitrogens with two attached hydrogens (primary N) is 1. The summed E-state index contributed by atoms with van der Waals surface area (Å²) in [5.41, 5.74) is 6.37. The van der Waals surface area contributed by atoms with Gasteiger partial charge in [0.05, 0.1) is 6.10 Å². The highest BCUT2D eigenvalue weighted by Crippen LogP contribution is 2.19. The minimum absolute atomic E-state index is 0. The Morgan fingerprint density at radius 3 is 2.74 bits per heavy atom. The first-order valence-electron chi connectivity index (χ1n) is 5.84. The number of benzene rings is 1. The smallest absolute Gasteiger partial charge is 0.224 e. The van der Waals surface area contributed by atoms with Crippen molar-refractivity contribution in [3.05, 3.63) is 34.9 Å². The molecule has 0 heterocycles. The highest BCUT2D eigenvalue weighted by Gasteiger charge is 2.15. The first kappa shape index (κ1) is 18.2. The van der Waals surface area contributed by atoms with Gasteiger partial charge in [-0.2, -0.15) is 0 Å². The van der Waals surface area contributed by atoms with Crippen LogP contribution in [0.1, 0.15) is 18.6 Å². The van der Waals surface area contributed by atoms with Crippen LogP contribution in [0.3, 0.4) is 0 Å². The molecule has 0 spiro atoms. The van der Waals surface area contributed by atoms with E-state index < -0.39 is 0 Å². The van der Waals surface area contributed by atoms with Crippen molar-refractivity contribution >= 4 is 29.9 Å². The highest BCUT2D eigenvalue weighted by molar-refractivity contribution is 6.30. The Morgan fingerprint density at radius 1 is 1.53 bits per heavy atom. The summed E-state index contributed by atoms with van der Waals surface area (Å²) < 4.78 is 5.35. The van der Waals surface area contributed by atoms with Crippen molar-refractivity contribution in [2.75, 3.05) is 20.2 Å². The third kappa shape index (κ3) is 5.78. The number of carbonyl (C=O) groups excluding carboxylic acids is 1. The molecule has 0 bridgehead atoms. The predicted octanol–water partition coefficient (Wildman–Crippen LogP) is 2.16.